The average Bonchev–Trinajstić information content (AvgIpc) is 2.79. The smallest absolute Gasteiger partial charge is 0.297 e. The van der Waals surface area contributed by atoms with Crippen LogP contribution in [0.15, 0.2) is 46.3 Å². The van der Waals surface area contributed by atoms with E-state index in [1.54, 1.807) is 16.7 Å². The number of aromatic hydroxyl groups is 1. The van der Waals surface area contributed by atoms with E-state index in [0.29, 0.717) is 31.0 Å². The number of phenols is 1. The molecule has 0 aliphatic rings. The van der Waals surface area contributed by atoms with E-state index in [0.717, 1.165) is 56.8 Å². The average molecular weight is 470 g/mol. The Labute approximate surface area is 205 Å². The van der Waals surface area contributed by atoms with Crippen LogP contribution in [0, 0.1) is 0 Å². The van der Waals surface area contributed by atoms with Gasteiger partial charge in [0.05, 0.1) is 12.1 Å². The van der Waals surface area contributed by atoms with E-state index in [2.05, 4.69) is 46.8 Å². The number of hydrogen-bond acceptors (Lipinski definition) is 4. The largest absolute Gasteiger partial charge is 0.508 e. The molecule has 1 heterocycles. The molecular weight excluding hydrogens is 426 g/mol. The van der Waals surface area contributed by atoms with Crippen LogP contribution in [-0.4, -0.2) is 22.9 Å². The van der Waals surface area contributed by atoms with Crippen LogP contribution in [0.3, 0.4) is 0 Å². The summed E-state index contributed by atoms with van der Waals surface area (Å²) in [4.78, 5) is 13.5. The van der Waals surface area contributed by atoms with Crippen molar-refractivity contribution in [3.63, 3.8) is 0 Å². The lowest BCUT2D eigenvalue weighted by molar-refractivity contribution is 0.272. The van der Waals surface area contributed by atoms with E-state index in [9.17, 15) is 9.90 Å². The molecule has 0 unspecified atom stereocenters. The molecule has 5 nitrogen and oxygen atoms in total. The molecule has 188 valence electrons. The fraction of sp³-hybridized carbons (Fsp3) is 0.552. The fourth-order valence-corrected chi connectivity index (χ4v) is 3.86. The van der Waals surface area contributed by atoms with Crippen LogP contribution in [-0.2, 0) is 6.54 Å². The third-order valence-electron chi connectivity index (χ3n) is 5.89. The molecule has 0 aliphatic carbocycles. The molecule has 2 aromatic rings. The second-order valence-corrected chi connectivity index (χ2v) is 9.26. The Morgan fingerprint density at radius 3 is 2.44 bits per heavy atom. The van der Waals surface area contributed by atoms with Crippen molar-refractivity contribution in [1.29, 1.82) is 0 Å². The summed E-state index contributed by atoms with van der Waals surface area (Å²) < 4.78 is 14.0. The lowest BCUT2D eigenvalue weighted by Crippen LogP contribution is -2.24. The molecule has 0 atom stereocenters. The number of unbranched alkanes of at least 4 members (excludes halogenated alkanes) is 4. The van der Waals surface area contributed by atoms with Gasteiger partial charge in [-0.1, -0.05) is 56.8 Å². The molecule has 0 fully saturated rings. The maximum absolute atomic E-state index is 13.5. The minimum absolute atomic E-state index is 0.131. The second kappa shape index (κ2) is 14.5. The quantitative estimate of drug-likeness (QED) is 0.216. The van der Waals surface area contributed by atoms with E-state index >= 15 is 0 Å². The van der Waals surface area contributed by atoms with E-state index < -0.39 is 0 Å². The minimum atomic E-state index is -0.193. The predicted molar refractivity (Wildman–Crippen MR) is 142 cm³/mol. The van der Waals surface area contributed by atoms with Crippen LogP contribution in [0.2, 0.25) is 0 Å². The first-order chi connectivity index (χ1) is 16.4. The van der Waals surface area contributed by atoms with Gasteiger partial charge >= 0.3 is 0 Å². The molecule has 34 heavy (non-hydrogen) atoms. The standard InChI is InChI=1S/C29H43NO4/c1-6-8-10-11-19-33-28-27(34-20-17-23(5)14-12-13-22(3)4)25-16-15-24(31)21-26(25)30(29(28)32)18-9-7-2/h13,15-17,21,31H,6-12,14,18-20H2,1-5H3/b23-17+. The number of aryl methyl sites for hydroxylation is 1. The highest BCUT2D eigenvalue weighted by atomic mass is 16.5. The topological polar surface area (TPSA) is 60.7 Å². The molecular formula is C29H43NO4. The lowest BCUT2D eigenvalue weighted by atomic mass is 10.1. The molecule has 1 N–H and O–H groups in total. The number of benzene rings is 1. The number of hydrogen-bond donors (Lipinski definition) is 1. The van der Waals surface area contributed by atoms with Crippen molar-refractivity contribution in [2.24, 2.45) is 0 Å². The zero-order valence-corrected chi connectivity index (χ0v) is 21.8. The zero-order chi connectivity index (χ0) is 24.9. The van der Waals surface area contributed by atoms with E-state index in [4.69, 9.17) is 9.47 Å². The monoisotopic (exact) mass is 469 g/mol. The van der Waals surface area contributed by atoms with Gasteiger partial charge in [0, 0.05) is 18.0 Å². The zero-order valence-electron chi connectivity index (χ0n) is 21.8. The van der Waals surface area contributed by atoms with Crippen LogP contribution in [0.25, 0.3) is 10.9 Å². The Morgan fingerprint density at radius 1 is 0.971 bits per heavy atom. The number of fused-ring (bicyclic) bond motifs is 1. The first-order valence-corrected chi connectivity index (χ1v) is 12.8. The number of ether oxygens (including phenoxy) is 2. The van der Waals surface area contributed by atoms with Crippen molar-refractivity contribution in [2.75, 3.05) is 13.2 Å². The molecule has 1 aromatic heterocycles. The van der Waals surface area contributed by atoms with Crippen molar-refractivity contribution < 1.29 is 14.6 Å². The van der Waals surface area contributed by atoms with Gasteiger partial charge in [0.25, 0.3) is 5.56 Å². The van der Waals surface area contributed by atoms with Crippen LogP contribution in [0.1, 0.15) is 86.0 Å². The lowest BCUT2D eigenvalue weighted by Gasteiger charge is -2.18. The van der Waals surface area contributed by atoms with Gasteiger partial charge in [0.2, 0.25) is 5.75 Å². The molecule has 0 amide bonds. The highest BCUT2D eigenvalue weighted by Gasteiger charge is 2.20. The number of phenolic OH excluding ortho intramolecular Hbond substituents is 1. The second-order valence-electron chi connectivity index (χ2n) is 9.26. The highest BCUT2D eigenvalue weighted by Crippen LogP contribution is 2.35. The normalized spacial score (nSPS) is 11.6. The van der Waals surface area contributed by atoms with Gasteiger partial charge in [-0.2, -0.15) is 0 Å². The van der Waals surface area contributed by atoms with Crippen LogP contribution in [0.4, 0.5) is 0 Å². The van der Waals surface area contributed by atoms with Crippen molar-refractivity contribution >= 4 is 10.9 Å². The third-order valence-corrected chi connectivity index (χ3v) is 5.89. The summed E-state index contributed by atoms with van der Waals surface area (Å²) in [6.45, 7) is 12.0. The molecule has 0 saturated heterocycles. The first-order valence-electron chi connectivity index (χ1n) is 12.8. The molecule has 1 aromatic carbocycles. The van der Waals surface area contributed by atoms with E-state index in [1.807, 2.05) is 6.07 Å². The number of aromatic nitrogens is 1. The maximum Gasteiger partial charge on any atom is 0.297 e. The summed E-state index contributed by atoms with van der Waals surface area (Å²) >= 11 is 0. The van der Waals surface area contributed by atoms with Crippen LogP contribution < -0.4 is 15.0 Å². The third kappa shape index (κ3) is 8.27. The van der Waals surface area contributed by atoms with Gasteiger partial charge in [0.1, 0.15) is 12.4 Å². The summed E-state index contributed by atoms with van der Waals surface area (Å²) in [5, 5.41) is 10.9. The summed E-state index contributed by atoms with van der Waals surface area (Å²) in [6, 6.07) is 5.09. The van der Waals surface area contributed by atoms with Gasteiger partial charge < -0.3 is 19.1 Å². The summed E-state index contributed by atoms with van der Waals surface area (Å²) in [6.07, 6.45) is 12.4. The molecule has 0 bridgehead atoms. The van der Waals surface area contributed by atoms with Crippen molar-refractivity contribution in [3.05, 3.63) is 51.9 Å². The predicted octanol–water partition coefficient (Wildman–Crippen LogP) is 7.54. The van der Waals surface area contributed by atoms with Crippen molar-refractivity contribution in [3.8, 4) is 17.2 Å². The van der Waals surface area contributed by atoms with Gasteiger partial charge in [-0.05, 0) is 64.7 Å². The summed E-state index contributed by atoms with van der Waals surface area (Å²) in [5.41, 5.74) is 3.05. The number of allylic oxidation sites excluding steroid dienone is 3. The maximum atomic E-state index is 13.5. The summed E-state index contributed by atoms with van der Waals surface area (Å²) in [5.74, 6) is 0.879. The van der Waals surface area contributed by atoms with Gasteiger partial charge in [-0.15, -0.1) is 0 Å². The number of pyridine rings is 1. The number of rotatable bonds is 15. The minimum Gasteiger partial charge on any atom is -0.508 e. The highest BCUT2D eigenvalue weighted by molar-refractivity contribution is 5.89. The van der Waals surface area contributed by atoms with Gasteiger partial charge in [-0.3, -0.25) is 4.79 Å². The molecule has 0 aliphatic heterocycles. The number of nitrogens with zero attached hydrogens (tertiary/aromatic N) is 1. The molecule has 5 heteroatoms. The van der Waals surface area contributed by atoms with Crippen molar-refractivity contribution in [2.45, 2.75) is 92.5 Å². The SMILES string of the molecule is CCCCCCOc1c(OC/C=C(\C)CCC=C(C)C)c2ccc(O)cc2n(CCCC)c1=O. The van der Waals surface area contributed by atoms with Gasteiger partial charge in [0.15, 0.2) is 5.75 Å². The Bertz CT molecular complexity index is 1030. The van der Waals surface area contributed by atoms with E-state index in [1.165, 1.54) is 11.1 Å². The fourth-order valence-electron chi connectivity index (χ4n) is 3.86. The first kappa shape index (κ1) is 27.6. The van der Waals surface area contributed by atoms with Crippen LogP contribution in [0.5, 0.6) is 17.2 Å². The molecule has 0 saturated carbocycles. The molecule has 2 rings (SSSR count). The Kier molecular flexibility index (Phi) is 11.8. The molecule has 0 spiro atoms. The Balaban J connectivity index is 2.39. The van der Waals surface area contributed by atoms with Crippen LogP contribution >= 0.6 is 0 Å². The van der Waals surface area contributed by atoms with E-state index in [-0.39, 0.29) is 17.1 Å². The molecule has 0 radical (unpaired) electrons. The van der Waals surface area contributed by atoms with Gasteiger partial charge in [-0.25, -0.2) is 0 Å². The Morgan fingerprint density at radius 2 is 1.74 bits per heavy atom. The summed E-state index contributed by atoms with van der Waals surface area (Å²) in [7, 11) is 0. The van der Waals surface area contributed by atoms with Crippen molar-refractivity contribution in [1.82, 2.24) is 4.57 Å². The Hall–Kier alpha value is -2.69.